The van der Waals surface area contributed by atoms with Crippen LogP contribution in [0.2, 0.25) is 0 Å². The fraction of sp³-hybridized carbons (Fsp3) is 0.200. The molecule has 0 bridgehead atoms. The second kappa shape index (κ2) is 10.2. The molecule has 0 radical (unpaired) electrons. The third kappa shape index (κ3) is 5.02. The Labute approximate surface area is 235 Å². The monoisotopic (exact) mass is 597 g/mol. The van der Waals surface area contributed by atoms with Gasteiger partial charge in [-0.15, -0.1) is 0 Å². The first-order valence-corrected chi connectivity index (χ1v) is 14.6. The Kier molecular flexibility index (Phi) is 6.79. The third-order valence-corrected chi connectivity index (χ3v) is 7.69. The van der Waals surface area contributed by atoms with E-state index in [2.05, 4.69) is 4.18 Å². The molecule has 0 aliphatic carbocycles. The summed E-state index contributed by atoms with van der Waals surface area (Å²) < 4.78 is 78.4. The van der Waals surface area contributed by atoms with Crippen molar-refractivity contribution in [2.45, 2.75) is 12.7 Å². The molecule has 6 aromatic rings. The molecular formula is C30H22F3NO7S. The summed E-state index contributed by atoms with van der Waals surface area (Å²) >= 11 is 0. The van der Waals surface area contributed by atoms with Crippen LogP contribution in [0.5, 0.6) is 0 Å². The number of aromatic nitrogens is 1. The minimum absolute atomic E-state index is 0.0114. The molecule has 0 aliphatic rings. The van der Waals surface area contributed by atoms with Gasteiger partial charge in [0.2, 0.25) is 0 Å². The smallest absolute Gasteiger partial charge is 0.416 e. The average molecular weight is 598 g/mol. The van der Waals surface area contributed by atoms with E-state index in [4.69, 9.17) is 9.15 Å². The van der Waals surface area contributed by atoms with Gasteiger partial charge in [0.15, 0.2) is 0 Å². The van der Waals surface area contributed by atoms with E-state index in [1.54, 1.807) is 36.4 Å². The van der Waals surface area contributed by atoms with Gasteiger partial charge >= 0.3 is 6.18 Å². The van der Waals surface area contributed by atoms with Gasteiger partial charge in [0.1, 0.15) is 11.2 Å². The van der Waals surface area contributed by atoms with Crippen molar-refractivity contribution < 1.29 is 34.9 Å². The maximum absolute atomic E-state index is 13.4. The van der Waals surface area contributed by atoms with Crippen molar-refractivity contribution in [2.75, 3.05) is 26.1 Å². The Balaban J connectivity index is 1.41. The van der Waals surface area contributed by atoms with Crippen molar-refractivity contribution in [3.63, 3.8) is 0 Å². The fourth-order valence-corrected chi connectivity index (χ4v) is 5.57. The molecular weight excluding hydrogens is 575 g/mol. The van der Waals surface area contributed by atoms with Crippen molar-refractivity contribution in [3.8, 4) is 11.1 Å². The molecule has 12 heteroatoms. The van der Waals surface area contributed by atoms with Crippen LogP contribution in [0.3, 0.4) is 0 Å². The summed E-state index contributed by atoms with van der Waals surface area (Å²) in [5.41, 5.74) is 0.530. The molecule has 0 unspecified atom stereocenters. The summed E-state index contributed by atoms with van der Waals surface area (Å²) in [5, 5.41) is 3.09. The molecule has 0 aliphatic heterocycles. The summed E-state index contributed by atoms with van der Waals surface area (Å²) in [7, 11) is -3.60. The van der Waals surface area contributed by atoms with Gasteiger partial charge in [-0.3, -0.25) is 18.3 Å². The number of fused-ring (bicyclic) bond motifs is 2. The number of nitrogens with zero attached hydrogens (tertiary/aromatic N) is 1. The van der Waals surface area contributed by atoms with E-state index >= 15 is 0 Å². The zero-order valence-corrected chi connectivity index (χ0v) is 22.8. The molecule has 0 fully saturated rings. The Morgan fingerprint density at radius 1 is 0.738 bits per heavy atom. The number of hydrogen-bond acceptors (Lipinski definition) is 7. The number of benzene rings is 4. The van der Waals surface area contributed by atoms with Crippen LogP contribution in [-0.2, 0) is 31.8 Å². The van der Waals surface area contributed by atoms with Gasteiger partial charge in [-0.05, 0) is 59.0 Å². The van der Waals surface area contributed by atoms with Crippen LogP contribution in [-0.4, -0.2) is 39.1 Å². The topological polar surface area (TPSA) is 105 Å². The SMILES string of the molecule is CS(=O)(=O)OCCOCCn1c(=O)c2ccc3oc4ccc(-c5ccc(C(F)(F)F)cc5)cc4c4ccc(c1=O)c2c34. The molecule has 0 spiro atoms. The fourth-order valence-electron chi connectivity index (χ4n) is 5.20. The van der Waals surface area contributed by atoms with Gasteiger partial charge in [0, 0.05) is 26.9 Å². The van der Waals surface area contributed by atoms with Crippen LogP contribution in [0, 0.1) is 0 Å². The predicted molar refractivity (Wildman–Crippen MR) is 153 cm³/mol. The van der Waals surface area contributed by atoms with Gasteiger partial charge in [-0.1, -0.05) is 24.3 Å². The lowest BCUT2D eigenvalue weighted by Crippen LogP contribution is -2.34. The maximum Gasteiger partial charge on any atom is 0.416 e. The molecule has 8 nitrogen and oxygen atoms in total. The lowest BCUT2D eigenvalue weighted by Gasteiger charge is -2.14. The zero-order valence-electron chi connectivity index (χ0n) is 22.0. The number of pyridine rings is 1. The van der Waals surface area contributed by atoms with Crippen LogP contribution < -0.4 is 11.1 Å². The van der Waals surface area contributed by atoms with Crippen LogP contribution in [0.15, 0.2) is 80.7 Å². The molecule has 2 heterocycles. The van der Waals surface area contributed by atoms with E-state index < -0.39 is 33.0 Å². The van der Waals surface area contributed by atoms with E-state index in [0.29, 0.717) is 49.2 Å². The minimum Gasteiger partial charge on any atom is -0.456 e. The van der Waals surface area contributed by atoms with Crippen molar-refractivity contribution in [1.29, 1.82) is 0 Å². The summed E-state index contributed by atoms with van der Waals surface area (Å²) in [6.07, 6.45) is -3.51. The lowest BCUT2D eigenvalue weighted by atomic mass is 9.95. The maximum atomic E-state index is 13.4. The molecule has 0 amide bonds. The quantitative estimate of drug-likeness (QED) is 0.0984. The van der Waals surface area contributed by atoms with Crippen molar-refractivity contribution in [3.05, 3.63) is 93.0 Å². The zero-order chi connectivity index (χ0) is 29.8. The number of halogens is 3. The van der Waals surface area contributed by atoms with Crippen molar-refractivity contribution >= 4 is 53.6 Å². The second-order valence-electron chi connectivity index (χ2n) is 9.81. The first kappa shape index (κ1) is 27.9. The Morgan fingerprint density at radius 2 is 1.36 bits per heavy atom. The molecule has 0 saturated carbocycles. The van der Waals surface area contributed by atoms with Gasteiger partial charge < -0.3 is 9.15 Å². The summed E-state index contributed by atoms with van der Waals surface area (Å²) in [6, 6.07) is 16.9. The minimum atomic E-state index is -4.44. The normalized spacial score (nSPS) is 12.8. The Morgan fingerprint density at radius 3 is 2.02 bits per heavy atom. The highest BCUT2D eigenvalue weighted by Crippen LogP contribution is 2.38. The Bertz CT molecular complexity index is 2170. The molecule has 216 valence electrons. The van der Waals surface area contributed by atoms with Gasteiger partial charge in [0.25, 0.3) is 21.2 Å². The van der Waals surface area contributed by atoms with Gasteiger partial charge in [-0.25, -0.2) is 0 Å². The summed E-state index contributed by atoms with van der Waals surface area (Å²) in [6.45, 7) is -0.275. The molecule has 2 aromatic heterocycles. The molecule has 0 atom stereocenters. The highest BCUT2D eigenvalue weighted by Gasteiger charge is 2.30. The van der Waals surface area contributed by atoms with Crippen LogP contribution in [0.25, 0.3) is 54.6 Å². The third-order valence-electron chi connectivity index (χ3n) is 7.09. The van der Waals surface area contributed by atoms with Crippen molar-refractivity contribution in [1.82, 2.24) is 4.57 Å². The second-order valence-corrected chi connectivity index (χ2v) is 11.5. The highest BCUT2D eigenvalue weighted by atomic mass is 32.2. The average Bonchev–Trinajstić information content (AvgIpc) is 2.95. The largest absolute Gasteiger partial charge is 0.456 e. The van der Waals surface area contributed by atoms with Crippen LogP contribution in [0.1, 0.15) is 5.56 Å². The van der Waals surface area contributed by atoms with Crippen molar-refractivity contribution in [2.24, 2.45) is 0 Å². The van der Waals surface area contributed by atoms with Gasteiger partial charge in [0.05, 0.1) is 38.2 Å². The van der Waals surface area contributed by atoms with E-state index in [9.17, 15) is 31.2 Å². The van der Waals surface area contributed by atoms with Gasteiger partial charge in [-0.2, -0.15) is 21.6 Å². The highest BCUT2D eigenvalue weighted by molar-refractivity contribution is 7.85. The molecule has 6 rings (SSSR count). The van der Waals surface area contributed by atoms with E-state index in [1.165, 1.54) is 12.1 Å². The number of rotatable bonds is 8. The van der Waals surface area contributed by atoms with Crippen LogP contribution in [0.4, 0.5) is 13.2 Å². The van der Waals surface area contributed by atoms with E-state index in [0.717, 1.165) is 28.3 Å². The summed E-state index contributed by atoms with van der Waals surface area (Å²) in [4.78, 5) is 26.8. The number of hydrogen-bond donors (Lipinski definition) is 0. The lowest BCUT2D eigenvalue weighted by molar-refractivity contribution is -0.137. The number of alkyl halides is 3. The first-order chi connectivity index (χ1) is 19.9. The molecule has 0 N–H and O–H groups in total. The predicted octanol–water partition coefficient (Wildman–Crippen LogP) is 5.53. The molecule has 0 saturated heterocycles. The molecule has 4 aromatic carbocycles. The number of ether oxygens (including phenoxy) is 1. The van der Waals surface area contributed by atoms with E-state index in [-0.39, 0.29) is 26.4 Å². The first-order valence-electron chi connectivity index (χ1n) is 12.8. The summed E-state index contributed by atoms with van der Waals surface area (Å²) in [5.74, 6) is 0. The molecule has 42 heavy (non-hydrogen) atoms. The standard InChI is InChI=1S/C30H22F3NO7S/c1-42(37,38)40-15-14-39-13-12-34-28(35)21-8-7-20-23-16-18(17-2-5-19(6-3-17)30(31,32)33)4-10-24(23)41-25-11-9-22(29(34)36)26(21)27(20)25/h2-11,16H,12-15H2,1H3. The van der Waals surface area contributed by atoms with E-state index in [1.807, 2.05) is 6.07 Å². The van der Waals surface area contributed by atoms with Crippen LogP contribution >= 0.6 is 0 Å². The Hall–Kier alpha value is -4.26.